The summed E-state index contributed by atoms with van der Waals surface area (Å²) in [6.45, 7) is 9.13. The number of carbonyl (C=O) groups excluding carboxylic acids is 2. The summed E-state index contributed by atoms with van der Waals surface area (Å²) < 4.78 is 37.8. The fourth-order valence-electron chi connectivity index (χ4n) is 2.96. The molecule has 0 aliphatic heterocycles. The molecular weight excluding hydrogens is 460 g/mol. The zero-order chi connectivity index (χ0) is 24.1. The van der Waals surface area contributed by atoms with Gasteiger partial charge >= 0.3 is 0 Å². The number of halogens is 1. The van der Waals surface area contributed by atoms with E-state index >= 15 is 0 Å². The Labute approximate surface area is 192 Å². The summed E-state index contributed by atoms with van der Waals surface area (Å²) >= 11 is 6.20. The van der Waals surface area contributed by atoms with Crippen molar-refractivity contribution in [3.05, 3.63) is 34.7 Å². The van der Waals surface area contributed by atoms with Crippen molar-refractivity contribution in [2.75, 3.05) is 25.0 Å². The van der Waals surface area contributed by atoms with Crippen molar-refractivity contribution in [2.45, 2.75) is 45.6 Å². The van der Waals surface area contributed by atoms with E-state index in [1.165, 1.54) is 39.0 Å². The number of hydrogen-bond acceptors (Lipinski definition) is 7. The minimum atomic E-state index is -4.01. The van der Waals surface area contributed by atoms with Crippen molar-refractivity contribution in [1.29, 1.82) is 0 Å². The molecule has 0 aliphatic rings. The SMILES string of the molecule is CCN(CC)C(=O)COc1ccc(NC(=O)[C@H](C)NS(=O)(=O)c2c(C)noc2C)cc1Cl. The molecule has 2 rings (SSSR count). The number of anilines is 1. The molecule has 2 aromatic rings. The van der Waals surface area contributed by atoms with Gasteiger partial charge in [-0.2, -0.15) is 4.72 Å². The molecule has 32 heavy (non-hydrogen) atoms. The van der Waals surface area contributed by atoms with E-state index in [0.29, 0.717) is 18.8 Å². The van der Waals surface area contributed by atoms with Gasteiger partial charge in [0.25, 0.3) is 5.91 Å². The van der Waals surface area contributed by atoms with E-state index in [-0.39, 0.29) is 39.6 Å². The quantitative estimate of drug-likeness (QED) is 0.527. The predicted octanol–water partition coefficient (Wildman–Crippen LogP) is 2.50. The second kappa shape index (κ2) is 10.8. The van der Waals surface area contributed by atoms with Crippen LogP contribution in [0.5, 0.6) is 5.75 Å². The van der Waals surface area contributed by atoms with Crippen LogP contribution < -0.4 is 14.8 Å². The van der Waals surface area contributed by atoms with Gasteiger partial charge in [0.05, 0.1) is 11.1 Å². The highest BCUT2D eigenvalue weighted by atomic mass is 35.5. The van der Waals surface area contributed by atoms with Crippen molar-refractivity contribution < 1.29 is 27.3 Å². The summed E-state index contributed by atoms with van der Waals surface area (Å²) in [5.41, 5.74) is 0.537. The monoisotopic (exact) mass is 486 g/mol. The average Bonchev–Trinajstić information content (AvgIpc) is 3.06. The molecule has 2 amide bonds. The number of rotatable bonds is 10. The largest absolute Gasteiger partial charge is 0.482 e. The highest BCUT2D eigenvalue weighted by molar-refractivity contribution is 7.89. The molecule has 176 valence electrons. The zero-order valence-corrected chi connectivity index (χ0v) is 20.1. The normalized spacial score (nSPS) is 12.3. The Bertz CT molecular complexity index is 1060. The van der Waals surface area contributed by atoms with Gasteiger partial charge in [0, 0.05) is 18.8 Å². The smallest absolute Gasteiger partial charge is 0.260 e. The third-order valence-corrected chi connectivity index (χ3v) is 6.71. The first-order valence-electron chi connectivity index (χ1n) is 9.96. The first-order valence-corrected chi connectivity index (χ1v) is 11.8. The summed E-state index contributed by atoms with van der Waals surface area (Å²) in [5, 5.41) is 6.40. The lowest BCUT2D eigenvalue weighted by Crippen LogP contribution is -2.41. The third-order valence-electron chi connectivity index (χ3n) is 4.63. The van der Waals surface area contributed by atoms with Gasteiger partial charge in [-0.1, -0.05) is 16.8 Å². The number of carbonyl (C=O) groups is 2. The standard InChI is InChI=1S/C20H27ClN4O6S/c1-6-25(7-2)18(26)11-30-17-9-8-15(10-16(17)21)22-20(27)13(4)24-32(28,29)19-12(3)23-31-14(19)5/h8-10,13,24H,6-7,11H2,1-5H3,(H,22,27)/t13-/m0/s1. The van der Waals surface area contributed by atoms with E-state index in [1.807, 2.05) is 13.8 Å². The van der Waals surface area contributed by atoms with Crippen molar-refractivity contribution in [3.63, 3.8) is 0 Å². The zero-order valence-electron chi connectivity index (χ0n) is 18.6. The first-order chi connectivity index (χ1) is 15.0. The summed E-state index contributed by atoms with van der Waals surface area (Å²) in [7, 11) is -4.01. The number of hydrogen-bond donors (Lipinski definition) is 2. The number of nitrogens with one attached hydrogen (secondary N) is 2. The summed E-state index contributed by atoms with van der Waals surface area (Å²) in [6, 6.07) is 3.42. The Morgan fingerprint density at radius 3 is 2.44 bits per heavy atom. The minimum Gasteiger partial charge on any atom is -0.482 e. The van der Waals surface area contributed by atoms with Crippen LogP contribution >= 0.6 is 11.6 Å². The number of nitrogens with zero attached hydrogens (tertiary/aromatic N) is 2. The summed E-state index contributed by atoms with van der Waals surface area (Å²) in [6.07, 6.45) is 0. The number of likely N-dealkylation sites (N-methyl/N-ethyl adjacent to an activating group) is 1. The van der Waals surface area contributed by atoms with Crippen LogP contribution in [0.2, 0.25) is 5.02 Å². The van der Waals surface area contributed by atoms with E-state index in [1.54, 1.807) is 4.90 Å². The lowest BCUT2D eigenvalue weighted by Gasteiger charge is -2.19. The molecule has 0 fully saturated rings. The van der Waals surface area contributed by atoms with Crippen LogP contribution in [0, 0.1) is 13.8 Å². The fraction of sp³-hybridized carbons (Fsp3) is 0.450. The van der Waals surface area contributed by atoms with Gasteiger partial charge in [-0.3, -0.25) is 9.59 Å². The van der Waals surface area contributed by atoms with Crippen molar-refractivity contribution >= 4 is 39.1 Å². The number of ether oxygens (including phenoxy) is 1. The average molecular weight is 487 g/mol. The van der Waals surface area contributed by atoms with Gasteiger partial charge in [-0.25, -0.2) is 8.42 Å². The van der Waals surface area contributed by atoms with Gasteiger partial charge in [0.2, 0.25) is 15.9 Å². The Morgan fingerprint density at radius 2 is 1.91 bits per heavy atom. The van der Waals surface area contributed by atoms with Crippen LogP contribution in [0.1, 0.15) is 32.2 Å². The van der Waals surface area contributed by atoms with E-state index in [0.717, 1.165) is 0 Å². The van der Waals surface area contributed by atoms with Crippen molar-refractivity contribution in [2.24, 2.45) is 0 Å². The molecule has 0 radical (unpaired) electrons. The van der Waals surface area contributed by atoms with Crippen LogP contribution in [0.15, 0.2) is 27.6 Å². The lowest BCUT2D eigenvalue weighted by molar-refractivity contribution is -0.133. The Balaban J connectivity index is 2.01. The maximum absolute atomic E-state index is 12.6. The molecule has 0 saturated carbocycles. The van der Waals surface area contributed by atoms with E-state index in [2.05, 4.69) is 15.2 Å². The first kappa shape index (κ1) is 25.6. The van der Waals surface area contributed by atoms with Gasteiger partial charge in [0.1, 0.15) is 16.3 Å². The van der Waals surface area contributed by atoms with E-state index < -0.39 is 22.0 Å². The topological polar surface area (TPSA) is 131 Å². The van der Waals surface area contributed by atoms with Crippen LogP contribution in [-0.4, -0.2) is 56.0 Å². The van der Waals surface area contributed by atoms with E-state index in [9.17, 15) is 18.0 Å². The van der Waals surface area contributed by atoms with Crippen LogP contribution in [-0.2, 0) is 19.6 Å². The predicted molar refractivity (Wildman–Crippen MR) is 119 cm³/mol. The Hall–Kier alpha value is -2.63. The molecule has 0 unspecified atom stereocenters. The molecule has 12 heteroatoms. The second-order valence-corrected chi connectivity index (χ2v) is 9.04. The molecule has 1 aromatic heterocycles. The van der Waals surface area contributed by atoms with Crippen LogP contribution in [0.3, 0.4) is 0 Å². The summed E-state index contributed by atoms with van der Waals surface area (Å²) in [4.78, 5) is 26.1. The maximum Gasteiger partial charge on any atom is 0.260 e. The van der Waals surface area contributed by atoms with Crippen molar-refractivity contribution in [3.8, 4) is 5.75 Å². The number of benzene rings is 1. The van der Waals surface area contributed by atoms with Gasteiger partial charge < -0.3 is 19.5 Å². The van der Waals surface area contributed by atoms with Gasteiger partial charge in [-0.15, -0.1) is 0 Å². The molecule has 10 nitrogen and oxygen atoms in total. The molecule has 0 bridgehead atoms. The molecular formula is C20H27ClN4O6S. The Morgan fingerprint density at radius 1 is 1.25 bits per heavy atom. The minimum absolute atomic E-state index is 0.0963. The number of aryl methyl sites for hydroxylation is 2. The highest BCUT2D eigenvalue weighted by Gasteiger charge is 2.28. The third kappa shape index (κ3) is 6.21. The highest BCUT2D eigenvalue weighted by Crippen LogP contribution is 2.28. The molecule has 0 aliphatic carbocycles. The number of sulfonamides is 1. The van der Waals surface area contributed by atoms with Crippen molar-refractivity contribution in [1.82, 2.24) is 14.8 Å². The number of amides is 2. The molecule has 1 aromatic carbocycles. The second-order valence-electron chi connectivity index (χ2n) is 6.99. The maximum atomic E-state index is 12.6. The molecule has 0 saturated heterocycles. The lowest BCUT2D eigenvalue weighted by atomic mass is 10.2. The fourth-order valence-corrected chi connectivity index (χ4v) is 4.72. The molecule has 1 atom stereocenters. The Kier molecular flexibility index (Phi) is 8.65. The molecule has 1 heterocycles. The molecule has 2 N–H and O–H groups in total. The van der Waals surface area contributed by atoms with Crippen LogP contribution in [0.25, 0.3) is 0 Å². The van der Waals surface area contributed by atoms with Gasteiger partial charge in [-0.05, 0) is 52.8 Å². The number of aromatic nitrogens is 1. The summed E-state index contributed by atoms with van der Waals surface area (Å²) in [5.74, 6) is -0.341. The van der Waals surface area contributed by atoms with Gasteiger partial charge in [0.15, 0.2) is 12.4 Å². The molecule has 0 spiro atoms. The van der Waals surface area contributed by atoms with Crippen LogP contribution in [0.4, 0.5) is 5.69 Å². The van der Waals surface area contributed by atoms with E-state index in [4.69, 9.17) is 20.9 Å².